The van der Waals surface area contributed by atoms with E-state index in [2.05, 4.69) is 5.32 Å². The Labute approximate surface area is 145 Å². The molecule has 25 heavy (non-hydrogen) atoms. The molecule has 1 heterocycles. The highest BCUT2D eigenvalue weighted by atomic mass is 16.5. The van der Waals surface area contributed by atoms with E-state index in [4.69, 9.17) is 9.47 Å². The standard InChI is InChI=1S/C19H19NO5/c1-10-16(11-5-4-6-13(7-11)24-3)14-8-12(19(22)23)9-15(17(14)25-10)18(21)20-2/h4-10,16H,1-3H3,(H,20,21)(H,22,23). The van der Waals surface area contributed by atoms with Gasteiger partial charge in [0.05, 0.1) is 18.2 Å². The average molecular weight is 341 g/mol. The number of hydrogen-bond acceptors (Lipinski definition) is 4. The summed E-state index contributed by atoms with van der Waals surface area (Å²) >= 11 is 0. The predicted octanol–water partition coefficient (Wildman–Crippen LogP) is 2.67. The van der Waals surface area contributed by atoms with Crippen molar-refractivity contribution >= 4 is 11.9 Å². The fourth-order valence-electron chi connectivity index (χ4n) is 3.23. The number of methoxy groups -OCH3 is 1. The number of fused-ring (bicyclic) bond motifs is 1. The number of hydrogen-bond donors (Lipinski definition) is 2. The molecule has 3 rings (SSSR count). The topological polar surface area (TPSA) is 84.9 Å². The lowest BCUT2D eigenvalue weighted by Crippen LogP contribution is -2.19. The second-order valence-corrected chi connectivity index (χ2v) is 5.90. The van der Waals surface area contributed by atoms with Crippen LogP contribution in [0, 0.1) is 0 Å². The minimum Gasteiger partial charge on any atom is -0.497 e. The van der Waals surface area contributed by atoms with Crippen LogP contribution in [0.5, 0.6) is 11.5 Å². The molecule has 0 aromatic heterocycles. The highest BCUT2D eigenvalue weighted by Crippen LogP contribution is 2.45. The molecule has 1 aliphatic heterocycles. The molecular weight excluding hydrogens is 322 g/mol. The Balaban J connectivity index is 2.19. The highest BCUT2D eigenvalue weighted by Gasteiger charge is 2.36. The van der Waals surface area contributed by atoms with Gasteiger partial charge in [-0.15, -0.1) is 0 Å². The number of carboxylic acid groups (broad SMARTS) is 1. The van der Waals surface area contributed by atoms with E-state index in [9.17, 15) is 14.7 Å². The predicted molar refractivity (Wildman–Crippen MR) is 91.7 cm³/mol. The molecule has 0 fully saturated rings. The van der Waals surface area contributed by atoms with Gasteiger partial charge >= 0.3 is 5.97 Å². The Morgan fingerprint density at radius 1 is 1.24 bits per heavy atom. The smallest absolute Gasteiger partial charge is 0.335 e. The Bertz CT molecular complexity index is 846. The largest absolute Gasteiger partial charge is 0.497 e. The molecule has 0 saturated heterocycles. The van der Waals surface area contributed by atoms with Crippen LogP contribution in [-0.2, 0) is 0 Å². The zero-order valence-corrected chi connectivity index (χ0v) is 14.2. The number of nitrogens with one attached hydrogen (secondary N) is 1. The van der Waals surface area contributed by atoms with E-state index in [-0.39, 0.29) is 29.1 Å². The first kappa shape index (κ1) is 16.8. The SMILES string of the molecule is CNC(=O)c1cc(C(=O)O)cc2c1OC(C)C2c1cccc(OC)c1. The van der Waals surface area contributed by atoms with Gasteiger partial charge in [-0.1, -0.05) is 12.1 Å². The quantitative estimate of drug-likeness (QED) is 0.893. The van der Waals surface area contributed by atoms with Crippen LogP contribution in [0.2, 0.25) is 0 Å². The van der Waals surface area contributed by atoms with E-state index in [1.54, 1.807) is 13.2 Å². The van der Waals surface area contributed by atoms with E-state index < -0.39 is 5.97 Å². The highest BCUT2D eigenvalue weighted by molar-refractivity contribution is 6.00. The fraction of sp³-hybridized carbons (Fsp3) is 0.263. The molecule has 0 aliphatic carbocycles. The lowest BCUT2D eigenvalue weighted by Gasteiger charge is -2.16. The van der Waals surface area contributed by atoms with Crippen molar-refractivity contribution < 1.29 is 24.2 Å². The fourth-order valence-corrected chi connectivity index (χ4v) is 3.23. The summed E-state index contributed by atoms with van der Waals surface area (Å²) in [5, 5.41) is 11.9. The van der Waals surface area contributed by atoms with Gasteiger partial charge in [0.1, 0.15) is 17.6 Å². The Kier molecular flexibility index (Phi) is 4.35. The van der Waals surface area contributed by atoms with Crippen molar-refractivity contribution in [3.05, 3.63) is 58.7 Å². The number of aromatic carboxylic acids is 1. The minimum absolute atomic E-state index is 0.0583. The number of carboxylic acids is 1. The van der Waals surface area contributed by atoms with Crippen LogP contribution in [0.1, 0.15) is 44.7 Å². The van der Waals surface area contributed by atoms with Gasteiger partial charge in [0.2, 0.25) is 0 Å². The number of carbonyl (C=O) groups excluding carboxylic acids is 1. The maximum absolute atomic E-state index is 12.2. The zero-order valence-electron chi connectivity index (χ0n) is 14.2. The average Bonchev–Trinajstić information content (AvgIpc) is 2.95. The van der Waals surface area contributed by atoms with Gasteiger partial charge in [-0.3, -0.25) is 4.79 Å². The van der Waals surface area contributed by atoms with Crippen molar-refractivity contribution in [2.45, 2.75) is 18.9 Å². The van der Waals surface area contributed by atoms with Gasteiger partial charge in [0, 0.05) is 18.5 Å². The first-order valence-electron chi connectivity index (χ1n) is 7.90. The van der Waals surface area contributed by atoms with Gasteiger partial charge < -0.3 is 19.9 Å². The van der Waals surface area contributed by atoms with E-state index in [0.29, 0.717) is 17.1 Å². The molecule has 1 amide bonds. The van der Waals surface area contributed by atoms with Gasteiger partial charge in [-0.2, -0.15) is 0 Å². The normalized spacial score (nSPS) is 18.2. The number of rotatable bonds is 4. The summed E-state index contributed by atoms with van der Waals surface area (Å²) in [5.74, 6) is -0.508. The molecule has 2 unspecified atom stereocenters. The maximum Gasteiger partial charge on any atom is 0.335 e. The summed E-state index contributed by atoms with van der Waals surface area (Å²) in [4.78, 5) is 23.7. The van der Waals surface area contributed by atoms with Crippen LogP contribution in [0.3, 0.4) is 0 Å². The molecule has 2 N–H and O–H groups in total. The van der Waals surface area contributed by atoms with Gasteiger partial charge in [0.25, 0.3) is 5.91 Å². The van der Waals surface area contributed by atoms with Crippen molar-refractivity contribution in [3.63, 3.8) is 0 Å². The van der Waals surface area contributed by atoms with E-state index >= 15 is 0 Å². The summed E-state index contributed by atoms with van der Waals surface area (Å²) < 4.78 is 11.2. The lowest BCUT2D eigenvalue weighted by molar-refractivity contribution is 0.0696. The van der Waals surface area contributed by atoms with Crippen LogP contribution in [0.25, 0.3) is 0 Å². The summed E-state index contributed by atoms with van der Waals surface area (Å²) in [7, 11) is 3.09. The maximum atomic E-state index is 12.2. The monoisotopic (exact) mass is 341 g/mol. The van der Waals surface area contributed by atoms with Crippen molar-refractivity contribution in [3.8, 4) is 11.5 Å². The van der Waals surface area contributed by atoms with E-state index in [0.717, 1.165) is 5.56 Å². The van der Waals surface area contributed by atoms with Gasteiger partial charge in [-0.05, 0) is 36.8 Å². The van der Waals surface area contributed by atoms with Gasteiger partial charge in [0.15, 0.2) is 0 Å². The van der Waals surface area contributed by atoms with E-state index in [1.165, 1.54) is 13.1 Å². The van der Waals surface area contributed by atoms with Crippen LogP contribution in [-0.4, -0.2) is 37.2 Å². The third-order valence-corrected chi connectivity index (χ3v) is 4.40. The molecule has 1 aliphatic rings. The number of ether oxygens (including phenoxy) is 2. The molecule has 130 valence electrons. The molecule has 0 bridgehead atoms. The van der Waals surface area contributed by atoms with Crippen molar-refractivity contribution in [2.75, 3.05) is 14.2 Å². The molecule has 2 atom stereocenters. The van der Waals surface area contributed by atoms with Gasteiger partial charge in [-0.25, -0.2) is 4.79 Å². The molecule has 6 nitrogen and oxygen atoms in total. The lowest BCUT2D eigenvalue weighted by atomic mass is 9.87. The van der Waals surface area contributed by atoms with Crippen LogP contribution < -0.4 is 14.8 Å². The second-order valence-electron chi connectivity index (χ2n) is 5.90. The molecule has 2 aromatic carbocycles. The number of amides is 1. The second kappa shape index (κ2) is 6.47. The molecular formula is C19H19NO5. The third kappa shape index (κ3) is 2.91. The summed E-state index contributed by atoms with van der Waals surface area (Å²) in [6.07, 6.45) is -0.241. The number of carbonyl (C=O) groups is 2. The van der Waals surface area contributed by atoms with Crippen molar-refractivity contribution in [2.24, 2.45) is 0 Å². The zero-order chi connectivity index (χ0) is 18.1. The number of benzene rings is 2. The first-order chi connectivity index (χ1) is 12.0. The Morgan fingerprint density at radius 3 is 2.64 bits per heavy atom. The molecule has 6 heteroatoms. The molecule has 0 spiro atoms. The minimum atomic E-state index is -1.09. The van der Waals surface area contributed by atoms with E-state index in [1.807, 2.05) is 31.2 Å². The third-order valence-electron chi connectivity index (χ3n) is 4.40. The first-order valence-corrected chi connectivity index (χ1v) is 7.90. The molecule has 0 saturated carbocycles. The molecule has 0 radical (unpaired) electrons. The summed E-state index contributed by atoms with van der Waals surface area (Å²) in [6.45, 7) is 1.90. The Morgan fingerprint density at radius 2 is 2.00 bits per heavy atom. The van der Waals surface area contributed by atoms with Crippen molar-refractivity contribution in [1.29, 1.82) is 0 Å². The summed E-state index contributed by atoms with van der Waals surface area (Å²) in [5.41, 5.74) is 1.92. The molecule has 2 aromatic rings. The Hall–Kier alpha value is -3.02. The van der Waals surface area contributed by atoms with Crippen LogP contribution in [0.15, 0.2) is 36.4 Å². The van der Waals surface area contributed by atoms with Crippen LogP contribution >= 0.6 is 0 Å². The summed E-state index contributed by atoms with van der Waals surface area (Å²) in [6, 6.07) is 10.5. The van der Waals surface area contributed by atoms with Crippen LogP contribution in [0.4, 0.5) is 0 Å². The van der Waals surface area contributed by atoms with Crippen molar-refractivity contribution in [1.82, 2.24) is 5.32 Å².